The van der Waals surface area contributed by atoms with Crippen molar-refractivity contribution in [2.75, 3.05) is 12.9 Å². The summed E-state index contributed by atoms with van der Waals surface area (Å²) in [5.74, 6) is 0.864. The Morgan fingerprint density at radius 1 is 1.45 bits per heavy atom. The van der Waals surface area contributed by atoms with Crippen molar-refractivity contribution >= 4 is 17.7 Å². The fraction of sp³-hybridized carbons (Fsp3) is 0.364. The SMILES string of the molecule is COCc1nc(CNC(=O)CSc2ncccn2)no1. The summed E-state index contributed by atoms with van der Waals surface area (Å²) >= 11 is 1.26. The van der Waals surface area contributed by atoms with Crippen LogP contribution in [-0.2, 0) is 22.7 Å². The van der Waals surface area contributed by atoms with E-state index in [9.17, 15) is 4.79 Å². The number of amides is 1. The first kappa shape index (κ1) is 14.4. The number of ether oxygens (including phenoxy) is 1. The zero-order valence-electron chi connectivity index (χ0n) is 10.8. The number of hydrogen-bond donors (Lipinski definition) is 1. The fourth-order valence-electron chi connectivity index (χ4n) is 1.26. The highest BCUT2D eigenvalue weighted by Crippen LogP contribution is 2.09. The molecule has 0 radical (unpaired) electrons. The van der Waals surface area contributed by atoms with E-state index in [1.807, 2.05) is 0 Å². The van der Waals surface area contributed by atoms with Gasteiger partial charge in [0, 0.05) is 19.5 Å². The van der Waals surface area contributed by atoms with Crippen LogP contribution in [0.15, 0.2) is 28.1 Å². The number of thioether (sulfide) groups is 1. The summed E-state index contributed by atoms with van der Waals surface area (Å²) in [6.45, 7) is 0.463. The van der Waals surface area contributed by atoms with Crippen LogP contribution in [0.3, 0.4) is 0 Å². The van der Waals surface area contributed by atoms with E-state index in [0.29, 0.717) is 16.9 Å². The van der Waals surface area contributed by atoms with E-state index in [1.165, 1.54) is 18.9 Å². The third kappa shape index (κ3) is 4.59. The van der Waals surface area contributed by atoms with Crippen molar-refractivity contribution in [2.24, 2.45) is 0 Å². The van der Waals surface area contributed by atoms with Crippen molar-refractivity contribution in [1.82, 2.24) is 25.4 Å². The average Bonchev–Trinajstić information content (AvgIpc) is 2.92. The third-order valence-electron chi connectivity index (χ3n) is 2.10. The van der Waals surface area contributed by atoms with Crippen molar-refractivity contribution in [2.45, 2.75) is 18.3 Å². The van der Waals surface area contributed by atoms with Gasteiger partial charge in [-0.15, -0.1) is 0 Å². The molecule has 0 fully saturated rings. The first-order valence-corrected chi connectivity index (χ1v) is 6.73. The molecule has 0 unspecified atom stereocenters. The summed E-state index contributed by atoms with van der Waals surface area (Å²) in [6, 6.07) is 1.72. The van der Waals surface area contributed by atoms with Crippen LogP contribution in [0.5, 0.6) is 0 Å². The van der Waals surface area contributed by atoms with E-state index in [4.69, 9.17) is 9.26 Å². The molecule has 2 aromatic heterocycles. The normalized spacial score (nSPS) is 10.4. The number of methoxy groups -OCH3 is 1. The lowest BCUT2D eigenvalue weighted by molar-refractivity contribution is -0.118. The number of rotatable bonds is 7. The molecule has 0 aromatic carbocycles. The second kappa shape index (κ2) is 7.56. The standard InChI is InChI=1S/C11H13N5O3S/c1-18-6-10-15-8(16-19-10)5-14-9(17)7-20-11-12-3-2-4-13-11/h2-4H,5-7H2,1H3,(H,14,17). The van der Waals surface area contributed by atoms with Gasteiger partial charge in [0.05, 0.1) is 12.3 Å². The summed E-state index contributed by atoms with van der Waals surface area (Å²) in [5, 5.41) is 6.96. The Hall–Kier alpha value is -2.00. The highest BCUT2D eigenvalue weighted by Gasteiger charge is 2.08. The van der Waals surface area contributed by atoms with Crippen LogP contribution in [0.1, 0.15) is 11.7 Å². The summed E-state index contributed by atoms with van der Waals surface area (Å²) < 4.78 is 9.76. The Kier molecular flexibility index (Phi) is 5.44. The van der Waals surface area contributed by atoms with Crippen LogP contribution in [0, 0.1) is 0 Å². The molecule has 106 valence electrons. The fourth-order valence-corrected chi connectivity index (χ4v) is 1.90. The molecular formula is C11H13N5O3S. The van der Waals surface area contributed by atoms with Gasteiger partial charge < -0.3 is 14.6 Å². The van der Waals surface area contributed by atoms with E-state index in [-0.39, 0.29) is 24.8 Å². The number of carbonyl (C=O) groups excluding carboxylic acids is 1. The van der Waals surface area contributed by atoms with Gasteiger partial charge in [-0.3, -0.25) is 4.79 Å². The Balaban J connectivity index is 1.71. The van der Waals surface area contributed by atoms with Gasteiger partial charge in [0.15, 0.2) is 11.0 Å². The van der Waals surface area contributed by atoms with Gasteiger partial charge in [-0.25, -0.2) is 9.97 Å². The number of aromatic nitrogens is 4. The summed E-state index contributed by atoms with van der Waals surface area (Å²) in [6.07, 6.45) is 3.26. The summed E-state index contributed by atoms with van der Waals surface area (Å²) in [4.78, 5) is 23.7. The first-order valence-electron chi connectivity index (χ1n) is 5.75. The number of hydrogen-bond acceptors (Lipinski definition) is 8. The minimum atomic E-state index is -0.152. The number of nitrogens with zero attached hydrogens (tertiary/aromatic N) is 4. The molecule has 1 amide bonds. The van der Waals surface area contributed by atoms with Crippen LogP contribution >= 0.6 is 11.8 Å². The van der Waals surface area contributed by atoms with E-state index in [2.05, 4.69) is 25.4 Å². The quantitative estimate of drug-likeness (QED) is 0.579. The van der Waals surface area contributed by atoms with Crippen LogP contribution in [0.2, 0.25) is 0 Å². The zero-order chi connectivity index (χ0) is 14.2. The molecule has 0 saturated carbocycles. The maximum absolute atomic E-state index is 11.6. The van der Waals surface area contributed by atoms with Crippen molar-refractivity contribution in [3.8, 4) is 0 Å². The third-order valence-corrected chi connectivity index (χ3v) is 2.97. The molecule has 2 rings (SSSR count). The maximum atomic E-state index is 11.6. The molecule has 0 saturated heterocycles. The molecular weight excluding hydrogens is 282 g/mol. The second-order valence-corrected chi connectivity index (χ2v) is 4.58. The highest BCUT2D eigenvalue weighted by molar-refractivity contribution is 7.99. The largest absolute Gasteiger partial charge is 0.375 e. The van der Waals surface area contributed by atoms with Crippen LogP contribution < -0.4 is 5.32 Å². The predicted molar refractivity (Wildman–Crippen MR) is 69.6 cm³/mol. The average molecular weight is 295 g/mol. The van der Waals surface area contributed by atoms with Gasteiger partial charge in [0.2, 0.25) is 5.91 Å². The molecule has 0 aliphatic heterocycles. The van der Waals surface area contributed by atoms with Crippen molar-refractivity contribution in [1.29, 1.82) is 0 Å². The second-order valence-electron chi connectivity index (χ2n) is 3.63. The van der Waals surface area contributed by atoms with Gasteiger partial charge in [-0.05, 0) is 6.07 Å². The highest BCUT2D eigenvalue weighted by atomic mass is 32.2. The predicted octanol–water partition coefficient (Wildman–Crippen LogP) is 0.414. The van der Waals surface area contributed by atoms with E-state index in [1.54, 1.807) is 18.5 Å². The topological polar surface area (TPSA) is 103 Å². The lowest BCUT2D eigenvalue weighted by atomic mass is 10.5. The minimum Gasteiger partial charge on any atom is -0.375 e. The Bertz CT molecular complexity index is 548. The lowest BCUT2D eigenvalue weighted by Crippen LogP contribution is -2.25. The summed E-state index contributed by atoms with van der Waals surface area (Å²) in [7, 11) is 1.54. The van der Waals surface area contributed by atoms with Crippen LogP contribution in [0.4, 0.5) is 0 Å². The van der Waals surface area contributed by atoms with Crippen LogP contribution in [-0.4, -0.2) is 38.9 Å². The molecule has 9 heteroatoms. The van der Waals surface area contributed by atoms with Gasteiger partial charge >= 0.3 is 0 Å². The minimum absolute atomic E-state index is 0.152. The number of nitrogens with one attached hydrogen (secondary N) is 1. The molecule has 0 spiro atoms. The Morgan fingerprint density at radius 2 is 2.25 bits per heavy atom. The van der Waals surface area contributed by atoms with E-state index in [0.717, 1.165) is 0 Å². The van der Waals surface area contributed by atoms with Gasteiger partial charge in [-0.2, -0.15) is 4.98 Å². The smallest absolute Gasteiger partial charge is 0.252 e. The lowest BCUT2D eigenvalue weighted by Gasteiger charge is -2.01. The van der Waals surface area contributed by atoms with Gasteiger partial charge in [0.25, 0.3) is 5.89 Å². The van der Waals surface area contributed by atoms with Gasteiger partial charge in [-0.1, -0.05) is 16.9 Å². The van der Waals surface area contributed by atoms with Crippen molar-refractivity contribution in [3.63, 3.8) is 0 Å². The first-order chi connectivity index (χ1) is 9.78. The monoisotopic (exact) mass is 295 g/mol. The molecule has 8 nitrogen and oxygen atoms in total. The molecule has 0 atom stereocenters. The van der Waals surface area contributed by atoms with Crippen LogP contribution in [0.25, 0.3) is 0 Å². The molecule has 2 heterocycles. The molecule has 0 bridgehead atoms. The van der Waals surface area contributed by atoms with E-state index >= 15 is 0 Å². The summed E-state index contributed by atoms with van der Waals surface area (Å²) in [5.41, 5.74) is 0. The number of carbonyl (C=O) groups is 1. The van der Waals surface area contributed by atoms with Crippen molar-refractivity contribution < 1.29 is 14.1 Å². The molecule has 1 N–H and O–H groups in total. The van der Waals surface area contributed by atoms with Crippen molar-refractivity contribution in [3.05, 3.63) is 30.2 Å². The molecule has 0 aliphatic rings. The molecule has 0 aliphatic carbocycles. The maximum Gasteiger partial charge on any atom is 0.252 e. The van der Waals surface area contributed by atoms with E-state index < -0.39 is 0 Å². The zero-order valence-corrected chi connectivity index (χ0v) is 11.6. The molecule has 2 aromatic rings. The molecule has 20 heavy (non-hydrogen) atoms. The Morgan fingerprint density at radius 3 is 3.00 bits per heavy atom. The Labute approximate surface area is 119 Å². The van der Waals surface area contributed by atoms with Gasteiger partial charge in [0.1, 0.15) is 6.61 Å².